The predicted octanol–water partition coefficient (Wildman–Crippen LogP) is 2.97. The van der Waals surface area contributed by atoms with Crippen LogP contribution in [0.5, 0.6) is 0 Å². The minimum Gasteiger partial charge on any atom is -0.444 e. The van der Waals surface area contributed by atoms with Gasteiger partial charge >= 0.3 is 6.09 Å². The van der Waals surface area contributed by atoms with Gasteiger partial charge in [-0.05, 0) is 39.7 Å². The van der Waals surface area contributed by atoms with Crippen molar-refractivity contribution in [2.45, 2.75) is 49.6 Å². The van der Waals surface area contributed by atoms with Gasteiger partial charge in [0.15, 0.2) is 5.16 Å². The molecule has 0 spiro atoms. The quantitative estimate of drug-likeness (QED) is 0.785. The maximum Gasteiger partial charge on any atom is 0.410 e. The molecule has 1 aliphatic heterocycles. The Labute approximate surface area is 124 Å². The average Bonchev–Trinajstić information content (AvgIpc) is 2.38. The van der Waals surface area contributed by atoms with E-state index in [-0.39, 0.29) is 6.09 Å². The second-order valence-electron chi connectivity index (χ2n) is 5.84. The molecule has 1 aliphatic rings. The Hall–Kier alpha value is -1.30. The molecular formula is C14H21N3O2S. The number of amides is 1. The fourth-order valence-electron chi connectivity index (χ4n) is 2.02. The zero-order valence-electron chi connectivity index (χ0n) is 12.2. The van der Waals surface area contributed by atoms with E-state index in [0.29, 0.717) is 11.8 Å². The number of ether oxygens (including phenoxy) is 1. The number of carbonyl (C=O) groups excluding carboxylic acids is 1. The van der Waals surface area contributed by atoms with Crippen molar-refractivity contribution in [3.63, 3.8) is 0 Å². The molecule has 1 fully saturated rings. The van der Waals surface area contributed by atoms with Gasteiger partial charge in [0.05, 0.1) is 0 Å². The number of hydrogen-bond donors (Lipinski definition) is 0. The molecule has 0 radical (unpaired) electrons. The van der Waals surface area contributed by atoms with Crippen molar-refractivity contribution in [3.05, 3.63) is 18.5 Å². The van der Waals surface area contributed by atoms with Gasteiger partial charge in [0.2, 0.25) is 0 Å². The minimum atomic E-state index is -0.445. The van der Waals surface area contributed by atoms with Crippen LogP contribution in [0.15, 0.2) is 23.6 Å². The van der Waals surface area contributed by atoms with Crippen molar-refractivity contribution >= 4 is 17.9 Å². The monoisotopic (exact) mass is 295 g/mol. The van der Waals surface area contributed by atoms with Crippen molar-refractivity contribution in [2.75, 3.05) is 13.1 Å². The fraction of sp³-hybridized carbons (Fsp3) is 0.643. The van der Waals surface area contributed by atoms with Gasteiger partial charge in [0.1, 0.15) is 5.60 Å². The Bertz CT molecular complexity index is 447. The predicted molar refractivity (Wildman–Crippen MR) is 78.7 cm³/mol. The highest BCUT2D eigenvalue weighted by atomic mass is 32.2. The summed E-state index contributed by atoms with van der Waals surface area (Å²) in [6, 6.07) is 1.80. The van der Waals surface area contributed by atoms with Crippen LogP contribution in [-0.2, 0) is 4.74 Å². The average molecular weight is 295 g/mol. The molecule has 1 saturated heterocycles. The number of nitrogens with zero attached hydrogens (tertiary/aromatic N) is 3. The molecule has 0 aliphatic carbocycles. The first-order chi connectivity index (χ1) is 9.44. The number of carbonyl (C=O) groups is 1. The molecule has 20 heavy (non-hydrogen) atoms. The van der Waals surface area contributed by atoms with Gasteiger partial charge in [-0.25, -0.2) is 14.8 Å². The van der Waals surface area contributed by atoms with Crippen LogP contribution in [0.1, 0.15) is 33.6 Å². The molecule has 2 rings (SSSR count). The molecule has 1 amide bonds. The molecule has 0 unspecified atom stereocenters. The van der Waals surface area contributed by atoms with Gasteiger partial charge < -0.3 is 9.64 Å². The van der Waals surface area contributed by atoms with E-state index in [1.54, 1.807) is 35.1 Å². The lowest BCUT2D eigenvalue weighted by Gasteiger charge is -2.33. The molecule has 1 atom stereocenters. The summed E-state index contributed by atoms with van der Waals surface area (Å²) >= 11 is 1.63. The first-order valence-electron chi connectivity index (χ1n) is 6.86. The van der Waals surface area contributed by atoms with E-state index in [2.05, 4.69) is 9.97 Å². The SMILES string of the molecule is CC(C)(C)OC(=O)N1CCC[C@@H](Sc2ncccn2)C1. The number of aromatic nitrogens is 2. The Morgan fingerprint density at radius 2 is 2.10 bits per heavy atom. The first kappa shape index (κ1) is 15.1. The van der Waals surface area contributed by atoms with Crippen molar-refractivity contribution in [3.8, 4) is 0 Å². The lowest BCUT2D eigenvalue weighted by Crippen LogP contribution is -2.43. The summed E-state index contributed by atoms with van der Waals surface area (Å²) in [4.78, 5) is 22.3. The van der Waals surface area contributed by atoms with E-state index in [4.69, 9.17) is 4.74 Å². The Morgan fingerprint density at radius 1 is 1.40 bits per heavy atom. The van der Waals surface area contributed by atoms with Gasteiger partial charge in [-0.1, -0.05) is 11.8 Å². The van der Waals surface area contributed by atoms with E-state index < -0.39 is 5.60 Å². The van der Waals surface area contributed by atoms with Gasteiger partial charge in [-0.2, -0.15) is 0 Å². The molecule has 6 heteroatoms. The summed E-state index contributed by atoms with van der Waals surface area (Å²) in [5.74, 6) is 0. The van der Waals surface area contributed by atoms with Crippen molar-refractivity contribution < 1.29 is 9.53 Å². The van der Waals surface area contributed by atoms with Crippen molar-refractivity contribution in [1.82, 2.24) is 14.9 Å². The van der Waals surface area contributed by atoms with Crippen LogP contribution in [0.2, 0.25) is 0 Å². The summed E-state index contributed by atoms with van der Waals surface area (Å²) in [7, 11) is 0. The lowest BCUT2D eigenvalue weighted by molar-refractivity contribution is 0.0220. The zero-order valence-corrected chi connectivity index (χ0v) is 13.0. The highest BCUT2D eigenvalue weighted by Gasteiger charge is 2.28. The van der Waals surface area contributed by atoms with E-state index in [0.717, 1.165) is 24.5 Å². The second-order valence-corrected chi connectivity index (χ2v) is 7.11. The number of piperidine rings is 1. The molecule has 2 heterocycles. The van der Waals surface area contributed by atoms with E-state index >= 15 is 0 Å². The molecule has 0 bridgehead atoms. The van der Waals surface area contributed by atoms with Crippen molar-refractivity contribution in [2.24, 2.45) is 0 Å². The first-order valence-corrected chi connectivity index (χ1v) is 7.73. The van der Waals surface area contributed by atoms with Gasteiger partial charge in [0.25, 0.3) is 0 Å². The summed E-state index contributed by atoms with van der Waals surface area (Å²) in [6.07, 6.45) is 5.32. The highest BCUT2D eigenvalue weighted by Crippen LogP contribution is 2.27. The van der Waals surface area contributed by atoms with Crippen LogP contribution in [0.3, 0.4) is 0 Å². The van der Waals surface area contributed by atoms with E-state index in [1.165, 1.54) is 0 Å². The minimum absolute atomic E-state index is 0.225. The standard InChI is InChI=1S/C14H21N3O2S/c1-14(2,3)19-13(18)17-9-4-6-11(10-17)20-12-15-7-5-8-16-12/h5,7-8,11H,4,6,9-10H2,1-3H3/t11-/m1/s1. The molecular weight excluding hydrogens is 274 g/mol. The van der Waals surface area contributed by atoms with Crippen molar-refractivity contribution in [1.29, 1.82) is 0 Å². The highest BCUT2D eigenvalue weighted by molar-refractivity contribution is 7.99. The third-order valence-corrected chi connectivity index (χ3v) is 3.98. The fourth-order valence-corrected chi connectivity index (χ4v) is 3.10. The normalized spacial score (nSPS) is 19.8. The summed E-state index contributed by atoms with van der Waals surface area (Å²) in [5, 5.41) is 1.10. The van der Waals surface area contributed by atoms with Gasteiger partial charge in [-0.15, -0.1) is 0 Å². The van der Waals surface area contributed by atoms with Gasteiger partial charge in [-0.3, -0.25) is 0 Å². The summed E-state index contributed by atoms with van der Waals surface area (Å²) in [6.45, 7) is 7.12. The number of rotatable bonds is 2. The van der Waals surface area contributed by atoms with Crippen LogP contribution in [0.25, 0.3) is 0 Å². The summed E-state index contributed by atoms with van der Waals surface area (Å²) in [5.41, 5.74) is -0.445. The third kappa shape index (κ3) is 4.67. The van der Waals surface area contributed by atoms with Crippen LogP contribution >= 0.6 is 11.8 Å². The lowest BCUT2D eigenvalue weighted by atomic mass is 10.1. The molecule has 5 nitrogen and oxygen atoms in total. The number of hydrogen-bond acceptors (Lipinski definition) is 5. The number of likely N-dealkylation sites (tertiary alicyclic amines) is 1. The van der Waals surface area contributed by atoms with Crippen LogP contribution < -0.4 is 0 Å². The Morgan fingerprint density at radius 3 is 2.75 bits per heavy atom. The van der Waals surface area contributed by atoms with Gasteiger partial charge in [0, 0.05) is 30.7 Å². The largest absolute Gasteiger partial charge is 0.444 e. The third-order valence-electron chi connectivity index (χ3n) is 2.84. The topological polar surface area (TPSA) is 55.3 Å². The smallest absolute Gasteiger partial charge is 0.410 e. The molecule has 110 valence electrons. The maximum absolute atomic E-state index is 12.1. The summed E-state index contributed by atoms with van der Waals surface area (Å²) < 4.78 is 5.42. The molecule has 1 aromatic rings. The number of thioether (sulfide) groups is 1. The van der Waals surface area contributed by atoms with E-state index in [1.807, 2.05) is 20.8 Å². The van der Waals surface area contributed by atoms with E-state index in [9.17, 15) is 4.79 Å². The van der Waals surface area contributed by atoms with Crippen LogP contribution in [0, 0.1) is 0 Å². The van der Waals surface area contributed by atoms with Crippen LogP contribution in [-0.4, -0.2) is 44.9 Å². The molecule has 0 saturated carbocycles. The van der Waals surface area contributed by atoms with Crippen LogP contribution in [0.4, 0.5) is 4.79 Å². The maximum atomic E-state index is 12.1. The second kappa shape index (κ2) is 6.43. The molecule has 1 aromatic heterocycles. The molecule has 0 N–H and O–H groups in total. The molecule has 0 aromatic carbocycles. The Kier molecular flexibility index (Phi) is 4.86. The zero-order chi connectivity index (χ0) is 14.6. The Balaban J connectivity index is 1.90.